The van der Waals surface area contributed by atoms with Crippen molar-refractivity contribution in [2.75, 3.05) is 7.11 Å². The van der Waals surface area contributed by atoms with Crippen molar-refractivity contribution in [3.8, 4) is 11.5 Å². The monoisotopic (exact) mass is 680 g/mol. The summed E-state index contributed by atoms with van der Waals surface area (Å²) in [5, 5.41) is 3.30. The molecule has 3 aromatic rings. The Kier molecular flexibility index (Phi) is 9.20. The number of rotatable bonds is 7. The molecule has 214 valence electrons. The van der Waals surface area contributed by atoms with Crippen LogP contribution in [0.5, 0.6) is 11.5 Å². The summed E-state index contributed by atoms with van der Waals surface area (Å²) in [6.45, 7) is 0.444. The lowest BCUT2D eigenvalue weighted by atomic mass is 9.94. The highest BCUT2D eigenvalue weighted by Crippen LogP contribution is 2.40. The number of amidine groups is 1. The van der Waals surface area contributed by atoms with E-state index in [1.54, 1.807) is 18.9 Å². The van der Waals surface area contributed by atoms with Crippen LogP contribution in [0.2, 0.25) is 0 Å². The van der Waals surface area contributed by atoms with Gasteiger partial charge in [0.25, 0.3) is 5.91 Å². The van der Waals surface area contributed by atoms with Crippen LogP contribution in [-0.2, 0) is 11.4 Å². The van der Waals surface area contributed by atoms with Crippen LogP contribution < -0.4 is 9.47 Å². The molecule has 0 N–H and O–H groups in total. The minimum absolute atomic E-state index is 0.0988. The van der Waals surface area contributed by atoms with Gasteiger partial charge in [-0.2, -0.15) is 0 Å². The third kappa shape index (κ3) is 6.46. The summed E-state index contributed by atoms with van der Waals surface area (Å²) in [5.74, 6) is 1.48. The third-order valence-corrected chi connectivity index (χ3v) is 10.2. The van der Waals surface area contributed by atoms with E-state index in [4.69, 9.17) is 14.5 Å². The quantitative estimate of drug-likeness (QED) is 0.185. The summed E-state index contributed by atoms with van der Waals surface area (Å²) in [7, 11) is 1.67. The molecule has 3 fully saturated rings. The van der Waals surface area contributed by atoms with Crippen molar-refractivity contribution in [3.05, 3.63) is 74.2 Å². The maximum absolute atomic E-state index is 13.8. The predicted octanol–water partition coefficient (Wildman–Crippen LogP) is 8.97. The van der Waals surface area contributed by atoms with E-state index in [0.717, 1.165) is 56.2 Å². The number of thioether (sulfide) groups is 1. The van der Waals surface area contributed by atoms with E-state index in [1.807, 2.05) is 17.0 Å². The van der Waals surface area contributed by atoms with Gasteiger partial charge in [0.05, 0.1) is 21.6 Å². The summed E-state index contributed by atoms with van der Waals surface area (Å²) < 4.78 is 13.1. The first-order valence-corrected chi connectivity index (χ1v) is 16.8. The molecule has 3 aromatic carbocycles. The Labute approximate surface area is 260 Å². The highest BCUT2D eigenvalue weighted by molar-refractivity contribution is 14.1. The van der Waals surface area contributed by atoms with Crippen molar-refractivity contribution in [3.63, 3.8) is 0 Å². The van der Waals surface area contributed by atoms with Crippen molar-refractivity contribution in [1.29, 1.82) is 0 Å². The molecule has 5 nitrogen and oxygen atoms in total. The number of halogens is 1. The Morgan fingerprint density at radius 1 is 0.976 bits per heavy atom. The van der Waals surface area contributed by atoms with Gasteiger partial charge in [-0.3, -0.25) is 14.7 Å². The number of carbonyl (C=O) groups is 1. The van der Waals surface area contributed by atoms with E-state index in [1.165, 1.54) is 49.3 Å². The smallest absolute Gasteiger partial charge is 0.266 e. The number of amides is 1. The van der Waals surface area contributed by atoms with Gasteiger partial charge in [-0.05, 0) is 100 Å². The summed E-state index contributed by atoms with van der Waals surface area (Å²) in [5.41, 5.74) is 2.06. The first kappa shape index (κ1) is 28.6. The van der Waals surface area contributed by atoms with E-state index >= 15 is 0 Å². The number of methoxy groups -OCH3 is 1. The molecular formula is C34H37IN2O3S. The minimum atomic E-state index is 0.0988. The van der Waals surface area contributed by atoms with Crippen LogP contribution in [-0.4, -0.2) is 35.2 Å². The van der Waals surface area contributed by atoms with Crippen LogP contribution >= 0.6 is 34.4 Å². The van der Waals surface area contributed by atoms with Crippen molar-refractivity contribution >= 4 is 62.3 Å². The molecule has 7 heteroatoms. The van der Waals surface area contributed by atoms with E-state index in [-0.39, 0.29) is 11.9 Å². The normalized spacial score (nSPS) is 20.8. The molecule has 0 bridgehead atoms. The average Bonchev–Trinajstić information content (AvgIpc) is 3.30. The molecule has 1 heterocycles. The highest BCUT2D eigenvalue weighted by Gasteiger charge is 2.39. The summed E-state index contributed by atoms with van der Waals surface area (Å²) in [6.07, 6.45) is 13.8. The number of hydrogen-bond donors (Lipinski definition) is 0. The van der Waals surface area contributed by atoms with Gasteiger partial charge in [0.15, 0.2) is 16.7 Å². The molecule has 1 aliphatic heterocycles. The largest absolute Gasteiger partial charge is 0.493 e. The topological polar surface area (TPSA) is 51.1 Å². The molecule has 1 saturated heterocycles. The zero-order valence-electron chi connectivity index (χ0n) is 23.6. The number of hydrogen-bond acceptors (Lipinski definition) is 5. The molecule has 3 aliphatic rings. The van der Waals surface area contributed by atoms with Crippen LogP contribution in [0.25, 0.3) is 16.8 Å². The van der Waals surface area contributed by atoms with Gasteiger partial charge in [-0.25, -0.2) is 0 Å². The van der Waals surface area contributed by atoms with Crippen molar-refractivity contribution in [2.24, 2.45) is 4.99 Å². The predicted molar refractivity (Wildman–Crippen MR) is 178 cm³/mol. The van der Waals surface area contributed by atoms with Crippen molar-refractivity contribution in [1.82, 2.24) is 4.90 Å². The lowest BCUT2D eigenvalue weighted by molar-refractivity contribution is -0.124. The number of benzene rings is 3. The van der Waals surface area contributed by atoms with E-state index in [2.05, 4.69) is 71.1 Å². The van der Waals surface area contributed by atoms with Crippen LogP contribution in [0.1, 0.15) is 75.3 Å². The van der Waals surface area contributed by atoms with Crippen LogP contribution in [0, 0.1) is 3.57 Å². The summed E-state index contributed by atoms with van der Waals surface area (Å²) >= 11 is 3.86. The Morgan fingerprint density at radius 2 is 1.71 bits per heavy atom. The minimum Gasteiger partial charge on any atom is -0.493 e. The van der Waals surface area contributed by atoms with Gasteiger partial charge in [0, 0.05) is 6.04 Å². The second kappa shape index (κ2) is 13.2. The molecule has 6 rings (SSSR count). The molecule has 2 saturated carbocycles. The van der Waals surface area contributed by atoms with Crippen molar-refractivity contribution < 1.29 is 14.3 Å². The number of fused-ring (bicyclic) bond motifs is 1. The zero-order valence-corrected chi connectivity index (χ0v) is 26.6. The highest BCUT2D eigenvalue weighted by atomic mass is 127. The molecule has 0 spiro atoms. The van der Waals surface area contributed by atoms with Gasteiger partial charge in [0.2, 0.25) is 0 Å². The maximum atomic E-state index is 13.8. The Bertz CT molecular complexity index is 1470. The van der Waals surface area contributed by atoms with E-state index in [0.29, 0.717) is 18.4 Å². The third-order valence-electron chi connectivity index (χ3n) is 8.45. The van der Waals surface area contributed by atoms with Crippen LogP contribution in [0.4, 0.5) is 0 Å². The van der Waals surface area contributed by atoms with Gasteiger partial charge in [0.1, 0.15) is 6.61 Å². The molecule has 2 aliphatic carbocycles. The van der Waals surface area contributed by atoms with Gasteiger partial charge >= 0.3 is 0 Å². The maximum Gasteiger partial charge on any atom is 0.266 e. The first-order valence-electron chi connectivity index (χ1n) is 14.9. The van der Waals surface area contributed by atoms with E-state index < -0.39 is 0 Å². The summed E-state index contributed by atoms with van der Waals surface area (Å²) in [4.78, 5) is 21.8. The Balaban J connectivity index is 1.26. The Morgan fingerprint density at radius 3 is 2.49 bits per heavy atom. The molecule has 0 aromatic heterocycles. The van der Waals surface area contributed by atoms with Crippen molar-refractivity contribution in [2.45, 2.75) is 82.9 Å². The van der Waals surface area contributed by atoms with Gasteiger partial charge in [-0.15, -0.1) is 0 Å². The first-order chi connectivity index (χ1) is 20.1. The average molecular weight is 681 g/mol. The fourth-order valence-electron chi connectivity index (χ4n) is 6.29. The lowest BCUT2D eigenvalue weighted by Crippen LogP contribution is -2.41. The zero-order chi connectivity index (χ0) is 28.2. The second-order valence-corrected chi connectivity index (χ2v) is 13.4. The standard InChI is InChI=1S/C34H37IN2O3S/c1-39-30-20-23(19-29(35)32(30)40-22-25-13-10-12-24-11-8-9-18-28(24)25)21-31-33(38)37(27-16-6-3-7-17-27)34(41-31)36-26-14-4-2-5-15-26/h8-13,18-21,26-27H,2-7,14-17,22H2,1H3. The van der Waals surface area contributed by atoms with Crippen LogP contribution in [0.15, 0.2) is 64.5 Å². The Hall–Kier alpha value is -2.52. The fourth-order valence-corrected chi connectivity index (χ4v) is 8.18. The lowest BCUT2D eigenvalue weighted by Gasteiger charge is -2.31. The number of aliphatic imine (C=N–C) groups is 1. The SMILES string of the molecule is COc1cc(C=C2SC(=NC3CCCCC3)N(C3CCCCC3)C2=O)cc(I)c1OCc1cccc2ccccc12. The summed E-state index contributed by atoms with van der Waals surface area (Å²) in [6, 6.07) is 19.3. The molecule has 0 radical (unpaired) electrons. The molecule has 1 amide bonds. The second-order valence-electron chi connectivity index (χ2n) is 11.2. The van der Waals surface area contributed by atoms with Gasteiger partial charge < -0.3 is 9.47 Å². The molecule has 0 unspecified atom stereocenters. The van der Waals surface area contributed by atoms with Gasteiger partial charge in [-0.1, -0.05) is 81.0 Å². The number of ether oxygens (including phenoxy) is 2. The van der Waals surface area contributed by atoms with Crippen LogP contribution in [0.3, 0.4) is 0 Å². The van der Waals surface area contributed by atoms with E-state index in [9.17, 15) is 4.79 Å². The number of nitrogens with zero attached hydrogens (tertiary/aromatic N) is 2. The fraction of sp³-hybridized carbons (Fsp3) is 0.412. The molecule has 41 heavy (non-hydrogen) atoms. The molecular weight excluding hydrogens is 643 g/mol. The molecule has 0 atom stereocenters. The number of carbonyl (C=O) groups excluding carboxylic acids is 1.